The summed E-state index contributed by atoms with van der Waals surface area (Å²) in [6, 6.07) is 9.17. The van der Waals surface area contributed by atoms with Crippen LogP contribution in [0.1, 0.15) is 25.7 Å². The van der Waals surface area contributed by atoms with Gasteiger partial charge in [-0.25, -0.2) is 0 Å². The molecule has 3 saturated heterocycles. The van der Waals surface area contributed by atoms with E-state index in [1.165, 1.54) is 0 Å². The quantitative estimate of drug-likeness (QED) is 0.339. The Bertz CT molecular complexity index is 760. The van der Waals surface area contributed by atoms with Crippen molar-refractivity contribution in [2.24, 2.45) is 0 Å². The molecule has 11 heteroatoms. The maximum absolute atomic E-state index is 10.4. The Morgan fingerprint density at radius 1 is 0.909 bits per heavy atom. The Labute approximate surface area is 191 Å². The van der Waals surface area contributed by atoms with E-state index in [-0.39, 0.29) is 6.61 Å². The van der Waals surface area contributed by atoms with E-state index in [4.69, 9.17) is 28.4 Å². The van der Waals surface area contributed by atoms with Gasteiger partial charge in [-0.1, -0.05) is 30.3 Å². The van der Waals surface area contributed by atoms with Crippen LogP contribution in [-0.2, 0) is 28.4 Å². The lowest BCUT2D eigenvalue weighted by Crippen LogP contribution is -2.63. The molecule has 3 aliphatic heterocycles. The average Bonchev–Trinajstić information content (AvgIpc) is 3.19. The Hall–Kier alpha value is -1.22. The van der Waals surface area contributed by atoms with Crippen LogP contribution in [0.3, 0.4) is 0 Å². The largest absolute Gasteiger partial charge is 0.394 e. The molecule has 11 nitrogen and oxygen atoms in total. The fourth-order valence-electron chi connectivity index (χ4n) is 4.29. The first kappa shape index (κ1) is 24.9. The van der Waals surface area contributed by atoms with Crippen LogP contribution in [0.15, 0.2) is 30.3 Å². The van der Waals surface area contributed by atoms with Crippen LogP contribution in [0.25, 0.3) is 0 Å². The lowest BCUT2D eigenvalue weighted by atomic mass is 9.98. The summed E-state index contributed by atoms with van der Waals surface area (Å²) in [7, 11) is 0. The molecule has 5 N–H and O–H groups in total. The number of aliphatic hydroxyl groups excluding tert-OH is 5. The number of rotatable bonds is 6. The molecule has 0 aromatic heterocycles. The molecule has 186 valence electrons. The van der Waals surface area contributed by atoms with E-state index in [2.05, 4.69) is 0 Å². The Morgan fingerprint density at radius 2 is 1.61 bits per heavy atom. The first-order chi connectivity index (χ1) is 15.7. The van der Waals surface area contributed by atoms with Gasteiger partial charge in [0.2, 0.25) is 0 Å². The van der Waals surface area contributed by atoms with Gasteiger partial charge in [-0.15, -0.1) is 0 Å². The van der Waals surface area contributed by atoms with Crippen molar-refractivity contribution >= 4 is 0 Å². The first-order valence-electron chi connectivity index (χ1n) is 11.0. The Morgan fingerprint density at radius 3 is 2.21 bits per heavy atom. The highest BCUT2D eigenvalue weighted by Crippen LogP contribution is 2.38. The lowest BCUT2D eigenvalue weighted by molar-refractivity contribution is -0.369. The zero-order valence-corrected chi connectivity index (χ0v) is 18.5. The third kappa shape index (κ3) is 5.24. The average molecular weight is 472 g/mol. The maximum Gasteiger partial charge on any atom is 0.187 e. The van der Waals surface area contributed by atoms with E-state index in [0.717, 1.165) is 5.56 Å². The van der Waals surface area contributed by atoms with Crippen molar-refractivity contribution in [2.75, 3.05) is 19.8 Å². The predicted molar refractivity (Wildman–Crippen MR) is 110 cm³/mol. The highest BCUT2D eigenvalue weighted by molar-refractivity contribution is 5.17. The van der Waals surface area contributed by atoms with Gasteiger partial charge in [-0.05, 0) is 13.8 Å². The minimum absolute atomic E-state index is 0.186. The van der Waals surface area contributed by atoms with E-state index in [9.17, 15) is 25.5 Å². The van der Waals surface area contributed by atoms with Gasteiger partial charge in [-0.3, -0.25) is 0 Å². The normalized spacial score (nSPS) is 43.5. The minimum Gasteiger partial charge on any atom is -0.394 e. The van der Waals surface area contributed by atoms with Crippen LogP contribution in [0.5, 0.6) is 0 Å². The highest BCUT2D eigenvalue weighted by Gasteiger charge is 2.52. The predicted octanol–water partition coefficient (Wildman–Crippen LogP) is -1.20. The fourth-order valence-corrected chi connectivity index (χ4v) is 4.29. The molecule has 0 bridgehead atoms. The van der Waals surface area contributed by atoms with E-state index >= 15 is 0 Å². The van der Waals surface area contributed by atoms with Gasteiger partial charge >= 0.3 is 0 Å². The van der Waals surface area contributed by atoms with Crippen LogP contribution in [-0.4, -0.2) is 106 Å². The third-order valence-electron chi connectivity index (χ3n) is 6.06. The molecular weight excluding hydrogens is 440 g/mol. The second kappa shape index (κ2) is 10.2. The lowest BCUT2D eigenvalue weighted by Gasteiger charge is -2.46. The SMILES string of the molecule is CC1(C)OC[C@H]([C@H]2OC(c3ccccc3)O[C@@H](CO)C2O[C@@H]2O[C@H](CO)[C@@H](O)[C@H](O)[C@H]2O)O1. The van der Waals surface area contributed by atoms with Crippen LogP contribution in [0.4, 0.5) is 0 Å². The summed E-state index contributed by atoms with van der Waals surface area (Å²) >= 11 is 0. The van der Waals surface area contributed by atoms with Crippen molar-refractivity contribution in [3.05, 3.63) is 35.9 Å². The summed E-state index contributed by atoms with van der Waals surface area (Å²) in [6.07, 6.45) is -11.5. The van der Waals surface area contributed by atoms with E-state index in [1.54, 1.807) is 13.8 Å². The second-order valence-electron chi connectivity index (χ2n) is 8.87. The number of ether oxygens (including phenoxy) is 6. The fraction of sp³-hybridized carbons (Fsp3) is 0.727. The molecule has 0 aliphatic carbocycles. The molecule has 4 rings (SSSR count). The van der Waals surface area contributed by atoms with Crippen molar-refractivity contribution in [3.63, 3.8) is 0 Å². The van der Waals surface area contributed by atoms with Gasteiger partial charge in [0.15, 0.2) is 18.4 Å². The van der Waals surface area contributed by atoms with Gasteiger partial charge in [0.1, 0.15) is 48.8 Å². The summed E-state index contributed by atoms with van der Waals surface area (Å²) < 4.78 is 35.3. The van der Waals surface area contributed by atoms with Gasteiger partial charge in [-0.2, -0.15) is 0 Å². The smallest absolute Gasteiger partial charge is 0.187 e. The van der Waals surface area contributed by atoms with E-state index in [0.29, 0.717) is 0 Å². The van der Waals surface area contributed by atoms with Crippen molar-refractivity contribution in [1.29, 1.82) is 0 Å². The topological polar surface area (TPSA) is 157 Å². The number of hydrogen-bond donors (Lipinski definition) is 5. The van der Waals surface area contributed by atoms with Gasteiger partial charge in [0, 0.05) is 5.56 Å². The first-order valence-corrected chi connectivity index (χ1v) is 11.0. The number of benzene rings is 1. The molecule has 0 saturated carbocycles. The van der Waals surface area contributed by atoms with E-state index in [1.807, 2.05) is 30.3 Å². The molecule has 0 spiro atoms. The number of aliphatic hydroxyl groups is 5. The Balaban J connectivity index is 1.59. The molecule has 0 radical (unpaired) electrons. The standard InChI is InChI=1S/C22H32O11/c1-22(2)28-10-14(33-22)19-18(32-21-17(27)16(26)15(25)12(8-23)29-21)13(9-24)30-20(31-19)11-6-4-3-5-7-11/h3-7,12-21,23-27H,8-10H2,1-2H3/t12-,13+,14-,15-,16+,17-,18?,19-,20?,21+/m1/s1. The van der Waals surface area contributed by atoms with Crippen LogP contribution < -0.4 is 0 Å². The zero-order valence-electron chi connectivity index (χ0n) is 18.5. The molecule has 3 fully saturated rings. The van der Waals surface area contributed by atoms with Gasteiger partial charge in [0.25, 0.3) is 0 Å². The monoisotopic (exact) mass is 472 g/mol. The minimum atomic E-state index is -1.62. The Kier molecular flexibility index (Phi) is 7.68. The summed E-state index contributed by atoms with van der Waals surface area (Å²) in [6.45, 7) is 2.67. The molecule has 0 amide bonds. The molecule has 1 aromatic rings. The molecule has 3 heterocycles. The van der Waals surface area contributed by atoms with Crippen molar-refractivity contribution < 1.29 is 54.0 Å². The molecule has 2 unspecified atom stereocenters. The molecular formula is C22H32O11. The second-order valence-corrected chi connectivity index (χ2v) is 8.87. The maximum atomic E-state index is 10.4. The molecule has 33 heavy (non-hydrogen) atoms. The zero-order chi connectivity index (χ0) is 23.8. The molecule has 10 atom stereocenters. The van der Waals surface area contributed by atoms with Gasteiger partial charge in [0.05, 0.1) is 19.8 Å². The van der Waals surface area contributed by atoms with Crippen LogP contribution in [0, 0.1) is 0 Å². The van der Waals surface area contributed by atoms with Crippen molar-refractivity contribution in [2.45, 2.75) is 81.0 Å². The van der Waals surface area contributed by atoms with Crippen LogP contribution in [0.2, 0.25) is 0 Å². The molecule has 1 aromatic carbocycles. The summed E-state index contributed by atoms with van der Waals surface area (Å²) in [5, 5.41) is 50.2. The molecule has 3 aliphatic rings. The summed E-state index contributed by atoms with van der Waals surface area (Å²) in [5.74, 6) is -0.864. The van der Waals surface area contributed by atoms with Crippen LogP contribution >= 0.6 is 0 Å². The highest BCUT2D eigenvalue weighted by atomic mass is 16.8. The third-order valence-corrected chi connectivity index (χ3v) is 6.06. The number of hydrogen-bond acceptors (Lipinski definition) is 11. The van der Waals surface area contributed by atoms with E-state index < -0.39 is 80.4 Å². The summed E-state index contributed by atoms with van der Waals surface area (Å²) in [4.78, 5) is 0. The van der Waals surface area contributed by atoms with Gasteiger partial charge < -0.3 is 54.0 Å². The van der Waals surface area contributed by atoms with Crippen molar-refractivity contribution in [3.8, 4) is 0 Å². The summed E-state index contributed by atoms with van der Waals surface area (Å²) in [5.41, 5.74) is 0.727. The van der Waals surface area contributed by atoms with Crippen molar-refractivity contribution in [1.82, 2.24) is 0 Å².